The summed E-state index contributed by atoms with van der Waals surface area (Å²) < 4.78 is 14.3. The number of anilines is 1. The molecule has 1 saturated carbocycles. The van der Waals surface area contributed by atoms with E-state index < -0.39 is 52.4 Å². The highest BCUT2D eigenvalue weighted by atomic mass is 35.5. The zero-order chi connectivity index (χ0) is 38.0. The molecule has 3 fully saturated rings. The first-order chi connectivity index (χ1) is 25.0. The summed E-state index contributed by atoms with van der Waals surface area (Å²) in [5.74, 6) is -3.98. The van der Waals surface area contributed by atoms with Gasteiger partial charge in [0.2, 0.25) is 23.6 Å². The van der Waals surface area contributed by atoms with Crippen molar-refractivity contribution < 1.29 is 33.8 Å². The molecule has 2 aromatic heterocycles. The topological polar surface area (TPSA) is 131 Å². The Balaban J connectivity index is 1.30. The van der Waals surface area contributed by atoms with Crippen LogP contribution in [0.1, 0.15) is 57.6 Å². The zero-order valence-electron chi connectivity index (χ0n) is 30.8. The number of methoxy groups -OCH3 is 2. The molecule has 2 saturated heterocycles. The van der Waals surface area contributed by atoms with Gasteiger partial charge in [-0.05, 0) is 82.5 Å². The first-order valence-electron chi connectivity index (χ1n) is 17.7. The molecule has 4 amide bonds. The number of aromatic nitrogens is 2. The number of likely N-dealkylation sites (tertiary alicyclic amines) is 1. The number of benzene rings is 2. The summed E-state index contributed by atoms with van der Waals surface area (Å²) in [4.78, 5) is 61.8. The van der Waals surface area contributed by atoms with E-state index in [1.807, 2.05) is 52.0 Å². The molecule has 4 aliphatic rings. The molecule has 2 aliphatic heterocycles. The van der Waals surface area contributed by atoms with Crippen LogP contribution in [0.3, 0.4) is 0 Å². The Morgan fingerprint density at radius 1 is 0.981 bits per heavy atom. The minimum Gasteiger partial charge on any atom is -0.508 e. The van der Waals surface area contributed by atoms with Crippen molar-refractivity contribution in [3.63, 3.8) is 0 Å². The number of ether oxygens (including phenoxy) is 2. The number of carbonyl (C=O) groups excluding carboxylic acids is 4. The third-order valence-electron chi connectivity index (χ3n) is 12.0. The first kappa shape index (κ1) is 35.4. The highest BCUT2D eigenvalue weighted by Crippen LogP contribution is 2.66. The van der Waals surface area contributed by atoms with Crippen LogP contribution < -0.4 is 14.4 Å². The number of allylic oxidation sites excluding steroid dienone is 2. The second-order valence-corrected chi connectivity index (χ2v) is 17.3. The molecule has 4 aromatic rings. The Morgan fingerprint density at radius 3 is 2.30 bits per heavy atom. The van der Waals surface area contributed by atoms with Crippen LogP contribution in [0, 0.1) is 36.0 Å². The Labute approximate surface area is 316 Å². The Bertz CT molecular complexity index is 2300. The minimum absolute atomic E-state index is 0.0942. The van der Waals surface area contributed by atoms with Gasteiger partial charge in [0.1, 0.15) is 28.8 Å². The molecule has 0 unspecified atom stereocenters. The SMILES string of the molecule is COc1cc(O)cc(OC)c1[C@H]1C2=CC[C@@H]3C(=O)N(C(C)(C)C)C(=O)[C@@H]3[C@@H]2C[C@H]2C(=O)N(c3cc(-c4sc5ccc(Cl)cc5c4C)nn3C)C(=O)[C@@]12C. The Hall–Kier alpha value is -4.68. The summed E-state index contributed by atoms with van der Waals surface area (Å²) in [6.07, 6.45) is 2.49. The summed E-state index contributed by atoms with van der Waals surface area (Å²) in [6, 6.07) is 10.4. The predicted octanol–water partition coefficient (Wildman–Crippen LogP) is 7.02. The summed E-state index contributed by atoms with van der Waals surface area (Å²) in [5, 5.41) is 17.1. The molecule has 0 radical (unpaired) electrons. The van der Waals surface area contributed by atoms with Crippen LogP contribution in [-0.4, -0.2) is 63.2 Å². The van der Waals surface area contributed by atoms with Crippen LogP contribution in [0.4, 0.5) is 5.82 Å². The molecule has 6 atom stereocenters. The highest BCUT2D eigenvalue weighted by Gasteiger charge is 2.69. The molecule has 8 rings (SSSR count). The van der Waals surface area contributed by atoms with Crippen molar-refractivity contribution in [2.75, 3.05) is 19.1 Å². The number of rotatable bonds is 5. The summed E-state index contributed by atoms with van der Waals surface area (Å²) in [7, 11) is 4.65. The number of carbonyl (C=O) groups is 4. The van der Waals surface area contributed by atoms with Crippen LogP contribution in [0.25, 0.3) is 20.7 Å². The normalized spacial score (nSPS) is 27.0. The molecule has 4 heterocycles. The van der Waals surface area contributed by atoms with Gasteiger partial charge in [-0.1, -0.05) is 23.3 Å². The molecule has 2 aliphatic carbocycles. The van der Waals surface area contributed by atoms with Crippen molar-refractivity contribution in [3.8, 4) is 27.8 Å². The lowest BCUT2D eigenvalue weighted by Gasteiger charge is -2.49. The number of hydrogen-bond donors (Lipinski definition) is 1. The van der Waals surface area contributed by atoms with Crippen molar-refractivity contribution in [2.45, 2.75) is 58.9 Å². The largest absolute Gasteiger partial charge is 0.508 e. The van der Waals surface area contributed by atoms with E-state index in [0.717, 1.165) is 26.1 Å². The first-order valence-corrected chi connectivity index (χ1v) is 18.9. The van der Waals surface area contributed by atoms with Crippen molar-refractivity contribution in [2.24, 2.45) is 36.1 Å². The zero-order valence-corrected chi connectivity index (χ0v) is 32.4. The van der Waals surface area contributed by atoms with Gasteiger partial charge in [-0.2, -0.15) is 5.10 Å². The van der Waals surface area contributed by atoms with Gasteiger partial charge in [0.25, 0.3) is 0 Å². The smallest absolute Gasteiger partial charge is 0.242 e. The molecule has 0 bridgehead atoms. The summed E-state index contributed by atoms with van der Waals surface area (Å²) in [5.41, 5.74) is 0.796. The maximum atomic E-state index is 15.2. The van der Waals surface area contributed by atoms with Crippen LogP contribution in [-0.2, 0) is 26.2 Å². The van der Waals surface area contributed by atoms with Crippen LogP contribution in [0.2, 0.25) is 5.02 Å². The number of phenolic OH excluding ortho intramolecular Hbond substituents is 1. The number of aromatic hydroxyl groups is 1. The third kappa shape index (κ3) is 4.87. The van der Waals surface area contributed by atoms with Crippen molar-refractivity contribution in [3.05, 3.63) is 64.2 Å². The van der Waals surface area contributed by atoms with E-state index in [2.05, 4.69) is 0 Å². The van der Waals surface area contributed by atoms with Crippen molar-refractivity contribution in [1.29, 1.82) is 0 Å². The predicted molar refractivity (Wildman–Crippen MR) is 201 cm³/mol. The number of hydrogen-bond acceptors (Lipinski definition) is 9. The maximum absolute atomic E-state index is 15.2. The number of nitrogens with zero attached hydrogens (tertiary/aromatic N) is 4. The number of fused-ring (bicyclic) bond motifs is 5. The van der Waals surface area contributed by atoms with Crippen LogP contribution in [0.5, 0.6) is 17.2 Å². The van der Waals surface area contributed by atoms with E-state index in [0.29, 0.717) is 28.5 Å². The van der Waals surface area contributed by atoms with Gasteiger partial charge >= 0.3 is 0 Å². The molecule has 11 nitrogen and oxygen atoms in total. The molecule has 0 spiro atoms. The fraction of sp³-hybridized carbons (Fsp3) is 0.425. The van der Waals surface area contributed by atoms with E-state index in [-0.39, 0.29) is 35.5 Å². The van der Waals surface area contributed by atoms with E-state index in [4.69, 9.17) is 26.2 Å². The van der Waals surface area contributed by atoms with Gasteiger partial charge in [-0.15, -0.1) is 11.3 Å². The quantitative estimate of drug-likeness (QED) is 0.170. The number of thiophene rings is 1. The van der Waals surface area contributed by atoms with Gasteiger partial charge in [-0.3, -0.25) is 28.8 Å². The minimum atomic E-state index is -1.37. The molecular weight excluding hydrogens is 716 g/mol. The second-order valence-electron chi connectivity index (χ2n) is 15.8. The third-order valence-corrected chi connectivity index (χ3v) is 13.5. The molecular formula is C40H41ClN4O7S. The number of aryl methyl sites for hydroxylation is 2. The van der Waals surface area contributed by atoms with Gasteiger partial charge in [0, 0.05) is 52.0 Å². The fourth-order valence-electron chi connectivity index (χ4n) is 9.63. The number of halogens is 1. The van der Waals surface area contributed by atoms with Gasteiger partial charge in [0.05, 0.1) is 42.3 Å². The summed E-state index contributed by atoms with van der Waals surface area (Å²) >= 11 is 7.88. The van der Waals surface area contributed by atoms with Crippen molar-refractivity contribution in [1.82, 2.24) is 14.7 Å². The Morgan fingerprint density at radius 2 is 1.66 bits per heavy atom. The lowest BCUT2D eigenvalue weighted by atomic mass is 9.51. The van der Waals surface area contributed by atoms with E-state index in [1.54, 1.807) is 36.1 Å². The molecule has 13 heteroatoms. The number of amides is 4. The standard InChI is InChI=1S/C40H41ClN4O7S/c1-18-23-13-19(41)9-12-29(23)53-34(18)26-17-30(43(6)42-26)44-36(48)25-16-24-21(10-11-22-31(24)37(49)45(35(22)47)39(2,3)4)33(40(25,5)38(44)50)32-27(51-7)14-20(46)15-28(32)52-8/h9-10,12-15,17,22,24-25,31,33,46H,11,16H2,1-8H3/t22-,24+,25-,31-,33+,40+/m0/s1. The van der Waals surface area contributed by atoms with E-state index in [1.165, 1.54) is 36.2 Å². The highest BCUT2D eigenvalue weighted by molar-refractivity contribution is 7.22. The van der Waals surface area contributed by atoms with Gasteiger partial charge in [-0.25, -0.2) is 4.90 Å². The van der Waals surface area contributed by atoms with E-state index in [9.17, 15) is 19.5 Å². The van der Waals surface area contributed by atoms with Crippen LogP contribution >= 0.6 is 22.9 Å². The average Bonchev–Trinajstić information content (AvgIpc) is 3.77. The lowest BCUT2D eigenvalue weighted by molar-refractivity contribution is -0.145. The molecule has 276 valence electrons. The monoisotopic (exact) mass is 756 g/mol. The second kappa shape index (κ2) is 11.9. The number of imide groups is 2. The molecule has 1 N–H and O–H groups in total. The average molecular weight is 757 g/mol. The molecule has 53 heavy (non-hydrogen) atoms. The van der Waals surface area contributed by atoms with Crippen LogP contribution in [0.15, 0.2) is 48.0 Å². The van der Waals surface area contributed by atoms with Gasteiger partial charge in [0.15, 0.2) is 0 Å². The van der Waals surface area contributed by atoms with E-state index >= 15 is 4.79 Å². The number of phenols is 1. The molecule has 2 aromatic carbocycles. The van der Waals surface area contributed by atoms with Gasteiger partial charge < -0.3 is 14.6 Å². The Kier molecular flexibility index (Phi) is 7.95. The maximum Gasteiger partial charge on any atom is 0.242 e. The van der Waals surface area contributed by atoms with Crippen molar-refractivity contribution >= 4 is 62.5 Å². The lowest BCUT2D eigenvalue weighted by Crippen LogP contribution is -2.49. The summed E-state index contributed by atoms with van der Waals surface area (Å²) in [6.45, 7) is 9.34. The fourth-order valence-corrected chi connectivity index (χ4v) is 10.9.